The number of aromatic nitrogens is 1. The Hall–Kier alpha value is -2.39. The fourth-order valence-corrected chi connectivity index (χ4v) is 2.73. The molecule has 21 heavy (non-hydrogen) atoms. The van der Waals surface area contributed by atoms with E-state index in [1.165, 1.54) is 5.39 Å². The summed E-state index contributed by atoms with van der Waals surface area (Å²) in [5.41, 5.74) is 8.36. The average Bonchev–Trinajstić information content (AvgIpc) is 2.50. The Kier molecular flexibility index (Phi) is 3.59. The standard InChI is InChI=1S/C18H18N2O/c1-13-6-4-11-18(21)20(13)12-17(19)16-10-5-8-14-7-2-3-9-15(14)16/h2-11,17H,12,19H2,1H3. The van der Waals surface area contributed by atoms with Crippen LogP contribution in [-0.2, 0) is 6.54 Å². The minimum atomic E-state index is -0.213. The molecule has 0 saturated carbocycles. The number of aryl methyl sites for hydroxylation is 1. The fourth-order valence-electron chi connectivity index (χ4n) is 2.73. The van der Waals surface area contributed by atoms with Gasteiger partial charge in [0, 0.05) is 24.3 Å². The summed E-state index contributed by atoms with van der Waals surface area (Å²) in [4.78, 5) is 12.0. The van der Waals surface area contributed by atoms with Gasteiger partial charge in [0.1, 0.15) is 0 Å². The smallest absolute Gasteiger partial charge is 0.250 e. The Balaban J connectivity index is 2.02. The van der Waals surface area contributed by atoms with Crippen LogP contribution in [-0.4, -0.2) is 4.57 Å². The van der Waals surface area contributed by atoms with Crippen molar-refractivity contribution in [3.05, 3.63) is 82.3 Å². The highest BCUT2D eigenvalue weighted by atomic mass is 16.1. The molecule has 1 unspecified atom stereocenters. The summed E-state index contributed by atoms with van der Waals surface area (Å²) in [5, 5.41) is 2.32. The van der Waals surface area contributed by atoms with Gasteiger partial charge in [-0.05, 0) is 29.3 Å². The van der Waals surface area contributed by atoms with Crippen LogP contribution in [0.5, 0.6) is 0 Å². The predicted octanol–water partition coefficient (Wildman–Crippen LogP) is 3.01. The molecular formula is C18H18N2O. The number of pyridine rings is 1. The largest absolute Gasteiger partial charge is 0.322 e. The van der Waals surface area contributed by atoms with Crippen LogP contribution < -0.4 is 11.3 Å². The van der Waals surface area contributed by atoms with Crippen molar-refractivity contribution in [1.82, 2.24) is 4.57 Å². The molecule has 2 aromatic carbocycles. The topological polar surface area (TPSA) is 48.0 Å². The molecular weight excluding hydrogens is 260 g/mol. The molecule has 1 atom stereocenters. The number of benzene rings is 2. The van der Waals surface area contributed by atoms with Crippen LogP contribution in [0.1, 0.15) is 17.3 Å². The summed E-state index contributed by atoms with van der Waals surface area (Å²) in [6.07, 6.45) is 0. The lowest BCUT2D eigenvalue weighted by Crippen LogP contribution is -2.27. The van der Waals surface area contributed by atoms with Crippen molar-refractivity contribution in [2.75, 3.05) is 0 Å². The van der Waals surface area contributed by atoms with Gasteiger partial charge < -0.3 is 10.3 Å². The Morgan fingerprint density at radius 3 is 2.52 bits per heavy atom. The Labute approximate surface area is 123 Å². The lowest BCUT2D eigenvalue weighted by Gasteiger charge is -2.17. The molecule has 0 spiro atoms. The second kappa shape index (κ2) is 5.54. The van der Waals surface area contributed by atoms with E-state index in [0.29, 0.717) is 6.54 Å². The minimum absolute atomic E-state index is 0.00862. The van der Waals surface area contributed by atoms with Crippen LogP contribution in [0.3, 0.4) is 0 Å². The van der Waals surface area contributed by atoms with Crippen LogP contribution >= 0.6 is 0 Å². The van der Waals surface area contributed by atoms with Crippen molar-refractivity contribution in [3.63, 3.8) is 0 Å². The van der Waals surface area contributed by atoms with E-state index in [4.69, 9.17) is 5.73 Å². The van der Waals surface area contributed by atoms with Crippen molar-refractivity contribution >= 4 is 10.8 Å². The zero-order chi connectivity index (χ0) is 14.8. The molecule has 0 radical (unpaired) electrons. The van der Waals surface area contributed by atoms with Gasteiger partial charge in [0.25, 0.3) is 5.56 Å². The molecule has 106 valence electrons. The maximum atomic E-state index is 12.0. The van der Waals surface area contributed by atoms with Crippen LogP contribution in [0.2, 0.25) is 0 Å². The first-order valence-electron chi connectivity index (χ1n) is 7.06. The van der Waals surface area contributed by atoms with Crippen molar-refractivity contribution in [2.24, 2.45) is 5.73 Å². The molecule has 3 nitrogen and oxygen atoms in total. The average molecular weight is 278 g/mol. The van der Waals surface area contributed by atoms with E-state index >= 15 is 0 Å². The Morgan fingerprint density at radius 1 is 1.00 bits per heavy atom. The first-order chi connectivity index (χ1) is 10.2. The molecule has 1 heterocycles. The number of fused-ring (bicyclic) bond motifs is 1. The van der Waals surface area contributed by atoms with Gasteiger partial charge in [0.15, 0.2) is 0 Å². The lowest BCUT2D eigenvalue weighted by molar-refractivity contribution is 0.553. The van der Waals surface area contributed by atoms with Gasteiger partial charge in [0.2, 0.25) is 0 Å². The monoisotopic (exact) mass is 278 g/mol. The van der Waals surface area contributed by atoms with Gasteiger partial charge in [-0.15, -0.1) is 0 Å². The molecule has 0 amide bonds. The van der Waals surface area contributed by atoms with Gasteiger partial charge in [0.05, 0.1) is 0 Å². The molecule has 0 aliphatic heterocycles. The summed E-state index contributed by atoms with van der Waals surface area (Å²) < 4.78 is 1.73. The van der Waals surface area contributed by atoms with E-state index in [-0.39, 0.29) is 11.6 Å². The van der Waals surface area contributed by atoms with E-state index < -0.39 is 0 Å². The predicted molar refractivity (Wildman–Crippen MR) is 86.3 cm³/mol. The van der Waals surface area contributed by atoms with Gasteiger partial charge in [-0.3, -0.25) is 4.79 Å². The van der Waals surface area contributed by atoms with Crippen LogP contribution in [0, 0.1) is 6.92 Å². The lowest BCUT2D eigenvalue weighted by atomic mass is 9.99. The van der Waals surface area contributed by atoms with E-state index in [2.05, 4.69) is 18.2 Å². The number of nitrogens with zero attached hydrogens (tertiary/aromatic N) is 1. The second-order valence-electron chi connectivity index (χ2n) is 5.29. The summed E-state index contributed by atoms with van der Waals surface area (Å²) in [5.74, 6) is 0. The van der Waals surface area contributed by atoms with Crippen molar-refractivity contribution in [3.8, 4) is 0 Å². The maximum absolute atomic E-state index is 12.0. The van der Waals surface area contributed by atoms with E-state index in [1.54, 1.807) is 16.7 Å². The first-order valence-corrected chi connectivity index (χ1v) is 7.06. The summed E-state index contributed by atoms with van der Waals surface area (Å²) in [6.45, 7) is 2.41. The maximum Gasteiger partial charge on any atom is 0.250 e. The van der Waals surface area contributed by atoms with Crippen molar-refractivity contribution < 1.29 is 0 Å². The fraction of sp³-hybridized carbons (Fsp3) is 0.167. The van der Waals surface area contributed by atoms with Crippen LogP contribution in [0.15, 0.2) is 65.5 Å². The third-order valence-corrected chi connectivity index (χ3v) is 3.87. The molecule has 3 aromatic rings. The van der Waals surface area contributed by atoms with E-state index in [1.807, 2.05) is 37.3 Å². The highest BCUT2D eigenvalue weighted by Crippen LogP contribution is 2.23. The van der Waals surface area contributed by atoms with Crippen molar-refractivity contribution in [1.29, 1.82) is 0 Å². The van der Waals surface area contributed by atoms with Gasteiger partial charge in [-0.2, -0.15) is 0 Å². The second-order valence-corrected chi connectivity index (χ2v) is 5.29. The SMILES string of the molecule is Cc1cccc(=O)n1CC(N)c1cccc2ccccc12. The highest BCUT2D eigenvalue weighted by Gasteiger charge is 2.12. The summed E-state index contributed by atoms with van der Waals surface area (Å²) in [6, 6.07) is 19.4. The first kappa shape index (κ1) is 13.6. The number of rotatable bonds is 3. The molecule has 0 aliphatic rings. The number of nitrogens with two attached hydrogens (primary N) is 1. The molecule has 3 rings (SSSR count). The Bertz CT molecular complexity index is 830. The Morgan fingerprint density at radius 2 is 1.71 bits per heavy atom. The third kappa shape index (κ3) is 2.60. The third-order valence-electron chi connectivity index (χ3n) is 3.87. The van der Waals surface area contributed by atoms with E-state index in [9.17, 15) is 4.79 Å². The van der Waals surface area contributed by atoms with Crippen LogP contribution in [0.25, 0.3) is 10.8 Å². The van der Waals surface area contributed by atoms with Gasteiger partial charge >= 0.3 is 0 Å². The zero-order valence-electron chi connectivity index (χ0n) is 12.0. The molecule has 0 saturated heterocycles. The molecule has 2 N–H and O–H groups in total. The highest BCUT2D eigenvalue weighted by molar-refractivity contribution is 5.86. The molecule has 0 aliphatic carbocycles. The molecule has 0 fully saturated rings. The molecule has 1 aromatic heterocycles. The van der Waals surface area contributed by atoms with E-state index in [0.717, 1.165) is 16.6 Å². The van der Waals surface area contributed by atoms with Crippen LogP contribution in [0.4, 0.5) is 0 Å². The van der Waals surface area contributed by atoms with Gasteiger partial charge in [-0.25, -0.2) is 0 Å². The number of hydrogen-bond donors (Lipinski definition) is 1. The normalized spacial score (nSPS) is 12.5. The van der Waals surface area contributed by atoms with Crippen molar-refractivity contribution in [2.45, 2.75) is 19.5 Å². The number of hydrogen-bond acceptors (Lipinski definition) is 2. The minimum Gasteiger partial charge on any atom is -0.322 e. The summed E-state index contributed by atoms with van der Waals surface area (Å²) >= 11 is 0. The quantitative estimate of drug-likeness (QED) is 0.800. The van der Waals surface area contributed by atoms with Gasteiger partial charge in [-0.1, -0.05) is 48.5 Å². The molecule has 0 bridgehead atoms. The summed E-state index contributed by atoms with van der Waals surface area (Å²) in [7, 11) is 0. The molecule has 3 heteroatoms. The zero-order valence-corrected chi connectivity index (χ0v) is 12.0.